The van der Waals surface area contributed by atoms with Gasteiger partial charge < -0.3 is 91.7 Å². The minimum absolute atomic E-state index is 0. The average molecular weight is 1440 g/mol. The molecular formula is C72H84N6NaO20S2+. The van der Waals surface area contributed by atoms with E-state index in [1.54, 1.807) is 97.1 Å². The number of nitrogens with one attached hydrogen (secondary N) is 6. The Morgan fingerprint density at radius 2 is 0.802 bits per heavy atom. The summed E-state index contributed by atoms with van der Waals surface area (Å²) in [5.74, 6) is -9.82. The second-order valence-electron chi connectivity index (χ2n) is 23.9. The van der Waals surface area contributed by atoms with Crippen molar-refractivity contribution in [2.75, 3.05) is 62.4 Å². The van der Waals surface area contributed by atoms with Crippen LogP contribution >= 0.6 is 23.5 Å². The molecule has 26 nitrogen and oxygen atoms in total. The number of benzene rings is 6. The first-order valence-corrected chi connectivity index (χ1v) is 34.8. The first-order valence-electron chi connectivity index (χ1n) is 32.5. The predicted molar refractivity (Wildman–Crippen MR) is 372 cm³/mol. The molecule has 2 heterocycles. The van der Waals surface area contributed by atoms with Gasteiger partial charge in [-0.2, -0.15) is 23.5 Å². The number of ether oxygens (including phenoxy) is 4. The maximum atomic E-state index is 13.7. The van der Waals surface area contributed by atoms with Gasteiger partial charge in [-0.3, -0.25) is 28.8 Å². The zero-order valence-corrected chi connectivity index (χ0v) is 59.6. The third-order valence-electron chi connectivity index (χ3n) is 16.7. The number of carbonyl (C=O) groups is 8. The fourth-order valence-corrected chi connectivity index (χ4v) is 13.1. The Labute approximate surface area is 614 Å². The van der Waals surface area contributed by atoms with Crippen LogP contribution in [0.4, 0.5) is 0 Å². The minimum Gasteiger partial charge on any atom is -0.477 e. The van der Waals surface area contributed by atoms with Gasteiger partial charge in [0.25, 0.3) is 35.2 Å². The van der Waals surface area contributed by atoms with E-state index in [-0.39, 0.29) is 79.8 Å². The van der Waals surface area contributed by atoms with Crippen LogP contribution in [-0.4, -0.2) is 223 Å². The first kappa shape index (κ1) is 80.7. The Morgan fingerprint density at radius 1 is 0.465 bits per heavy atom. The fourth-order valence-electron chi connectivity index (χ4n) is 11.6. The van der Waals surface area contributed by atoms with E-state index in [9.17, 15) is 79.2 Å². The third kappa shape index (κ3) is 22.2. The molecule has 0 saturated carbocycles. The van der Waals surface area contributed by atoms with E-state index in [1.165, 1.54) is 23.5 Å². The molecular weight excluding hydrogens is 1360 g/mol. The van der Waals surface area contributed by atoms with Crippen LogP contribution in [0.5, 0.6) is 0 Å². The number of aliphatic carboxylic acids is 2. The number of thioether (sulfide) groups is 2. The van der Waals surface area contributed by atoms with E-state index in [4.69, 9.17) is 18.9 Å². The predicted octanol–water partition coefficient (Wildman–Crippen LogP) is 0.605. The van der Waals surface area contributed by atoms with Crippen molar-refractivity contribution in [1.82, 2.24) is 31.9 Å². The van der Waals surface area contributed by atoms with E-state index in [1.807, 2.05) is 60.7 Å². The summed E-state index contributed by atoms with van der Waals surface area (Å²) in [4.78, 5) is 104. The molecule has 2 fully saturated rings. The number of hydrogen-bond acceptors (Lipinski definition) is 20. The zero-order valence-electron chi connectivity index (χ0n) is 56.0. The van der Waals surface area contributed by atoms with Gasteiger partial charge in [0.1, 0.15) is 24.4 Å². The maximum Gasteiger partial charge on any atom is 1.00 e. The van der Waals surface area contributed by atoms with Crippen LogP contribution in [-0.2, 0) is 38.1 Å². The summed E-state index contributed by atoms with van der Waals surface area (Å²) in [6.07, 6.45) is -14.8. The van der Waals surface area contributed by atoms with Crippen molar-refractivity contribution >= 4 is 70.9 Å². The Morgan fingerprint density at radius 3 is 1.15 bits per heavy atom. The average Bonchev–Trinajstić information content (AvgIpc) is 0.778. The molecule has 0 bridgehead atoms. The van der Waals surface area contributed by atoms with Gasteiger partial charge in [-0.05, 0) is 94.1 Å². The molecule has 6 aromatic carbocycles. The van der Waals surface area contributed by atoms with Crippen molar-refractivity contribution in [2.45, 2.75) is 112 Å². The van der Waals surface area contributed by atoms with Crippen molar-refractivity contribution in [2.24, 2.45) is 0 Å². The number of carbonyl (C=O) groups excluding carboxylic acids is 6. The largest absolute Gasteiger partial charge is 1.00 e. The van der Waals surface area contributed by atoms with E-state index in [2.05, 4.69) is 31.9 Å². The molecule has 534 valence electrons. The molecule has 2 aliphatic heterocycles. The van der Waals surface area contributed by atoms with E-state index in [0.29, 0.717) is 45.3 Å². The molecule has 29 heteroatoms. The molecule has 6 amide bonds. The van der Waals surface area contributed by atoms with E-state index < -0.39 is 146 Å². The molecule has 0 radical (unpaired) electrons. The second-order valence-corrected chi connectivity index (χ2v) is 26.4. The zero-order chi connectivity index (χ0) is 71.9. The summed E-state index contributed by atoms with van der Waals surface area (Å²) in [7, 11) is 0. The van der Waals surface area contributed by atoms with Gasteiger partial charge in [0, 0.05) is 86.6 Å². The minimum atomic E-state index is -2.51. The Hall–Kier alpha value is -7.62. The van der Waals surface area contributed by atoms with Gasteiger partial charge in [0.2, 0.25) is 11.8 Å². The number of hydrogen-bond donors (Lipinski definition) is 14. The van der Waals surface area contributed by atoms with Gasteiger partial charge in [-0.1, -0.05) is 121 Å². The molecule has 8 rings (SSSR count). The van der Waals surface area contributed by atoms with Crippen molar-refractivity contribution in [3.8, 4) is 33.4 Å². The molecule has 2 aliphatic rings. The first-order chi connectivity index (χ1) is 48.0. The summed E-state index contributed by atoms with van der Waals surface area (Å²) < 4.78 is 23.4. The van der Waals surface area contributed by atoms with Gasteiger partial charge >= 0.3 is 41.5 Å². The van der Waals surface area contributed by atoms with Crippen molar-refractivity contribution in [1.29, 1.82) is 0 Å². The molecule has 12 atom stereocenters. The number of aliphatic hydroxyl groups excluding tert-OH is 6. The molecule has 0 aromatic heterocycles. The number of carboxylic acid groups (broad SMARTS) is 2. The van der Waals surface area contributed by atoms with Crippen LogP contribution < -0.4 is 61.5 Å². The van der Waals surface area contributed by atoms with Gasteiger partial charge in [-0.25, -0.2) is 9.59 Å². The van der Waals surface area contributed by atoms with Crippen LogP contribution in [0.1, 0.15) is 81.0 Å². The van der Waals surface area contributed by atoms with Gasteiger partial charge in [0.05, 0.1) is 49.7 Å². The smallest absolute Gasteiger partial charge is 0.477 e. The topological polar surface area (TPSA) is 408 Å². The van der Waals surface area contributed by atoms with E-state index >= 15 is 0 Å². The van der Waals surface area contributed by atoms with Crippen molar-refractivity contribution in [3.63, 3.8) is 0 Å². The summed E-state index contributed by atoms with van der Waals surface area (Å²) in [5.41, 5.74) is 5.75. The van der Waals surface area contributed by atoms with Crippen LogP contribution in [0.3, 0.4) is 0 Å². The second kappa shape index (κ2) is 39.1. The Balaban J connectivity index is 0.0000143. The van der Waals surface area contributed by atoms with Crippen molar-refractivity contribution < 1.29 is 128 Å². The summed E-state index contributed by atoms with van der Waals surface area (Å²) in [5, 5.41) is 104. The molecule has 14 N–H and O–H groups in total. The van der Waals surface area contributed by atoms with E-state index in [0.717, 1.165) is 36.1 Å². The summed E-state index contributed by atoms with van der Waals surface area (Å²) in [6, 6.07) is 43.2. The monoisotopic (exact) mass is 1440 g/mol. The number of rotatable bonds is 35. The quantitative estimate of drug-likeness (QED) is 0.0191. The summed E-state index contributed by atoms with van der Waals surface area (Å²) >= 11 is 2.84. The Bertz CT molecular complexity index is 3500. The van der Waals surface area contributed by atoms with Gasteiger partial charge in [-0.15, -0.1) is 0 Å². The number of carboxylic acids is 2. The molecule has 0 spiro atoms. The normalized spacial score (nSPS) is 21.4. The van der Waals surface area contributed by atoms with Crippen LogP contribution in [0, 0.1) is 0 Å². The molecule has 0 aliphatic carbocycles. The molecule has 6 aromatic rings. The third-order valence-corrected chi connectivity index (χ3v) is 18.8. The Kier molecular flexibility index (Phi) is 31.3. The number of amides is 6. The fraction of sp³-hybridized carbons (Fsp3) is 0.389. The van der Waals surface area contributed by atoms with Crippen molar-refractivity contribution in [3.05, 3.63) is 180 Å². The van der Waals surface area contributed by atoms with Crippen LogP contribution in [0.25, 0.3) is 33.4 Å². The van der Waals surface area contributed by atoms with Crippen LogP contribution in [0.2, 0.25) is 0 Å². The maximum absolute atomic E-state index is 13.7. The SMILES string of the molecule is CC(=O)N[C@@H]1[C@@H](O)C[C@](OCCCSCCNC(=O)c2ccccc2-c2ccccc2C(=O)NCCSCCCO[C@]2(C(=O)O)C[C@H](O)[C@@H](NC(C)=O)[C@H](C(O)[C@H](O)CNC(=O)c3ccc(-c4ccccc4)cc3)O2)(C(=O)O)O[C@H]1C(O)[C@H](O)CNC(=O)c1ccc(-c2ccccc2)cc1.[Na+]. The molecule has 2 saturated heterocycles. The molecule has 101 heavy (non-hydrogen) atoms. The number of aliphatic hydroxyl groups is 6. The van der Waals surface area contributed by atoms with Crippen LogP contribution in [0.15, 0.2) is 158 Å². The standard InChI is InChI=1S/C72H84N6O20S2.Na/c1-43(79)77-59-55(81)39-71(69(91)92,97-63(59)61(85)57(83)41-75-65(87)49-27-23-47(24-28-49)45-15-5-3-6-16-45)95-33-13-35-99-37-31-73-67(89)53-21-11-9-19-51(53)52-20-10-12-22-54(52)68(90)74-32-38-100-36-14-34-96-72(70(93)94)40-56(82)60(78-44(2)80)64(98-72)62(86)58(84)42-76-66(88)50-29-25-48(26-30-50)46-17-7-4-8-18-46;/h3-12,15-30,55-64,81-86H,13-14,31-42H2,1-2H3,(H,73,89)(H,74,90)(H,75,87)(H,76,88)(H,77,79)(H,78,80)(H,91,92)(H,93,94);/q;+1/t55-,56-,57+,58+,59+,60+,61?,62?,63+,64+,71+,72+;/m0./s1. The summed E-state index contributed by atoms with van der Waals surface area (Å²) in [6.45, 7) is 1.31. The van der Waals surface area contributed by atoms with Gasteiger partial charge in [0.15, 0.2) is 0 Å². The molecule has 2 unspecified atom stereocenters.